The molecule has 1 aromatic heterocycles. The molecular formula is C11H17BrOS. The molecule has 0 spiro atoms. The van der Waals surface area contributed by atoms with Gasteiger partial charge in [0.1, 0.15) is 0 Å². The number of hydrogen-bond donors (Lipinski definition) is 0. The van der Waals surface area contributed by atoms with Gasteiger partial charge >= 0.3 is 0 Å². The molecule has 0 fully saturated rings. The molecule has 0 atom stereocenters. The largest absolute Gasteiger partial charge is 0.381 e. The quantitative estimate of drug-likeness (QED) is 0.517. The lowest BCUT2D eigenvalue weighted by atomic mass is 10.3. The highest BCUT2D eigenvalue weighted by atomic mass is 79.9. The van der Waals surface area contributed by atoms with Gasteiger partial charge in [-0.25, -0.2) is 0 Å². The Hall–Kier alpha value is 0.140. The molecule has 1 rings (SSSR count). The minimum absolute atomic E-state index is 0.870. The summed E-state index contributed by atoms with van der Waals surface area (Å²) in [4.78, 5) is 1.42. The van der Waals surface area contributed by atoms with Crippen LogP contribution in [0.2, 0.25) is 0 Å². The Labute approximate surface area is 98.6 Å². The van der Waals surface area contributed by atoms with Gasteiger partial charge in [-0.2, -0.15) is 0 Å². The number of rotatable bonds is 8. The lowest BCUT2D eigenvalue weighted by Gasteiger charge is -2.02. The first-order valence-electron chi connectivity index (χ1n) is 5.09. The Morgan fingerprint density at radius 1 is 1.21 bits per heavy atom. The smallest absolute Gasteiger partial charge is 0.0514 e. The van der Waals surface area contributed by atoms with Crippen molar-refractivity contribution in [1.29, 1.82) is 0 Å². The zero-order valence-corrected chi connectivity index (χ0v) is 10.8. The molecule has 1 heterocycles. The van der Waals surface area contributed by atoms with Crippen molar-refractivity contribution >= 4 is 27.3 Å². The monoisotopic (exact) mass is 276 g/mol. The standard InChI is InChI=1S/C11H17BrOS/c12-7-2-1-3-8-13-9-6-11-5-4-10-14-11/h4-5,10H,1-3,6-9H2. The van der Waals surface area contributed by atoms with Gasteiger partial charge in [-0.15, -0.1) is 11.3 Å². The summed E-state index contributed by atoms with van der Waals surface area (Å²) < 4.78 is 5.54. The zero-order valence-electron chi connectivity index (χ0n) is 8.38. The SMILES string of the molecule is BrCCCCCOCCc1cccs1. The molecule has 80 valence electrons. The number of thiophene rings is 1. The Morgan fingerprint density at radius 3 is 2.86 bits per heavy atom. The summed E-state index contributed by atoms with van der Waals surface area (Å²) >= 11 is 5.23. The van der Waals surface area contributed by atoms with Crippen molar-refractivity contribution in [2.75, 3.05) is 18.5 Å². The third-order valence-corrected chi connectivity index (χ3v) is 3.49. The van der Waals surface area contributed by atoms with Crippen LogP contribution in [-0.4, -0.2) is 18.5 Å². The average molecular weight is 277 g/mol. The molecule has 1 aromatic rings. The van der Waals surface area contributed by atoms with Crippen LogP contribution >= 0.6 is 27.3 Å². The highest BCUT2D eigenvalue weighted by molar-refractivity contribution is 9.09. The minimum Gasteiger partial charge on any atom is -0.381 e. The van der Waals surface area contributed by atoms with E-state index in [9.17, 15) is 0 Å². The fraction of sp³-hybridized carbons (Fsp3) is 0.636. The Morgan fingerprint density at radius 2 is 2.14 bits per heavy atom. The fourth-order valence-corrected chi connectivity index (χ4v) is 2.29. The van der Waals surface area contributed by atoms with E-state index in [1.54, 1.807) is 0 Å². The minimum atomic E-state index is 0.870. The molecule has 0 aliphatic rings. The molecule has 0 saturated heterocycles. The van der Waals surface area contributed by atoms with Crippen molar-refractivity contribution in [2.24, 2.45) is 0 Å². The Balaban J connectivity index is 1.85. The molecular weight excluding hydrogens is 260 g/mol. The van der Waals surface area contributed by atoms with Crippen LogP contribution in [0.3, 0.4) is 0 Å². The predicted octanol–water partition coefficient (Wildman–Crippen LogP) is 3.87. The first-order valence-corrected chi connectivity index (χ1v) is 7.09. The molecule has 0 saturated carbocycles. The fourth-order valence-electron chi connectivity index (χ4n) is 1.21. The maximum atomic E-state index is 5.54. The zero-order chi connectivity index (χ0) is 10.1. The van der Waals surface area contributed by atoms with Gasteiger partial charge in [0.25, 0.3) is 0 Å². The van der Waals surface area contributed by atoms with Gasteiger partial charge in [0.2, 0.25) is 0 Å². The molecule has 0 aromatic carbocycles. The molecule has 0 aliphatic heterocycles. The topological polar surface area (TPSA) is 9.23 Å². The van der Waals surface area contributed by atoms with Crippen molar-refractivity contribution < 1.29 is 4.74 Å². The normalized spacial score (nSPS) is 10.6. The molecule has 0 N–H and O–H groups in total. The van der Waals surface area contributed by atoms with Crippen LogP contribution in [0.1, 0.15) is 24.1 Å². The van der Waals surface area contributed by atoms with Crippen LogP contribution in [0, 0.1) is 0 Å². The van der Waals surface area contributed by atoms with Gasteiger partial charge in [0, 0.05) is 23.2 Å². The molecule has 3 heteroatoms. The lowest BCUT2D eigenvalue weighted by Crippen LogP contribution is -1.99. The number of hydrogen-bond acceptors (Lipinski definition) is 2. The van der Waals surface area contributed by atoms with Crippen LogP contribution in [-0.2, 0) is 11.2 Å². The van der Waals surface area contributed by atoms with Crippen molar-refractivity contribution in [2.45, 2.75) is 25.7 Å². The van der Waals surface area contributed by atoms with E-state index in [2.05, 4.69) is 33.4 Å². The third-order valence-electron chi connectivity index (χ3n) is 2.00. The second-order valence-electron chi connectivity index (χ2n) is 3.19. The van der Waals surface area contributed by atoms with Crippen LogP contribution in [0.25, 0.3) is 0 Å². The summed E-state index contributed by atoms with van der Waals surface area (Å²) in [5.74, 6) is 0. The molecule has 0 bridgehead atoms. The summed E-state index contributed by atoms with van der Waals surface area (Å²) in [5, 5.41) is 3.23. The maximum Gasteiger partial charge on any atom is 0.0514 e. The number of halogens is 1. The van der Waals surface area contributed by atoms with E-state index in [0.717, 1.165) is 25.0 Å². The number of alkyl halides is 1. The van der Waals surface area contributed by atoms with E-state index >= 15 is 0 Å². The van der Waals surface area contributed by atoms with Gasteiger partial charge in [-0.05, 0) is 24.3 Å². The predicted molar refractivity (Wildman–Crippen MR) is 66.5 cm³/mol. The van der Waals surface area contributed by atoms with E-state index in [0.29, 0.717) is 0 Å². The molecule has 0 aliphatic carbocycles. The van der Waals surface area contributed by atoms with E-state index in [1.165, 1.54) is 24.1 Å². The summed E-state index contributed by atoms with van der Waals surface area (Å²) in [5.41, 5.74) is 0. The Bertz CT molecular complexity index is 211. The summed E-state index contributed by atoms with van der Waals surface area (Å²) in [6.07, 6.45) is 4.78. The average Bonchev–Trinajstić information content (AvgIpc) is 2.69. The van der Waals surface area contributed by atoms with Crippen LogP contribution in [0.5, 0.6) is 0 Å². The van der Waals surface area contributed by atoms with E-state index < -0.39 is 0 Å². The molecule has 0 amide bonds. The number of unbranched alkanes of at least 4 members (excludes halogenated alkanes) is 2. The van der Waals surface area contributed by atoms with Crippen molar-refractivity contribution in [3.8, 4) is 0 Å². The van der Waals surface area contributed by atoms with Crippen LogP contribution < -0.4 is 0 Å². The van der Waals surface area contributed by atoms with E-state index in [-0.39, 0.29) is 0 Å². The first kappa shape index (κ1) is 12.2. The van der Waals surface area contributed by atoms with Crippen LogP contribution in [0.15, 0.2) is 17.5 Å². The summed E-state index contributed by atoms with van der Waals surface area (Å²) in [7, 11) is 0. The number of ether oxygens (including phenoxy) is 1. The maximum absolute atomic E-state index is 5.54. The third kappa shape index (κ3) is 5.78. The van der Waals surface area contributed by atoms with Gasteiger partial charge in [-0.1, -0.05) is 28.4 Å². The lowest BCUT2D eigenvalue weighted by molar-refractivity contribution is 0.134. The van der Waals surface area contributed by atoms with Gasteiger partial charge < -0.3 is 4.74 Å². The second kappa shape index (κ2) is 8.45. The van der Waals surface area contributed by atoms with Crippen molar-refractivity contribution in [3.05, 3.63) is 22.4 Å². The second-order valence-corrected chi connectivity index (χ2v) is 5.02. The van der Waals surface area contributed by atoms with Crippen LogP contribution in [0.4, 0.5) is 0 Å². The highest BCUT2D eigenvalue weighted by Crippen LogP contribution is 2.09. The Kier molecular flexibility index (Phi) is 7.37. The van der Waals surface area contributed by atoms with Crippen molar-refractivity contribution in [1.82, 2.24) is 0 Å². The van der Waals surface area contributed by atoms with Gasteiger partial charge in [0.05, 0.1) is 6.61 Å². The highest BCUT2D eigenvalue weighted by Gasteiger charge is 1.93. The van der Waals surface area contributed by atoms with Gasteiger partial charge in [0.15, 0.2) is 0 Å². The molecule has 14 heavy (non-hydrogen) atoms. The van der Waals surface area contributed by atoms with E-state index in [4.69, 9.17) is 4.74 Å². The van der Waals surface area contributed by atoms with Gasteiger partial charge in [-0.3, -0.25) is 0 Å². The summed E-state index contributed by atoms with van der Waals surface area (Å²) in [6, 6.07) is 4.26. The van der Waals surface area contributed by atoms with Crippen molar-refractivity contribution in [3.63, 3.8) is 0 Å². The van der Waals surface area contributed by atoms with E-state index in [1.807, 2.05) is 11.3 Å². The molecule has 0 radical (unpaired) electrons. The first-order chi connectivity index (χ1) is 6.93. The molecule has 0 unspecified atom stereocenters. The summed E-state index contributed by atoms with van der Waals surface area (Å²) in [6.45, 7) is 1.78. The molecule has 1 nitrogen and oxygen atoms in total.